The van der Waals surface area contributed by atoms with E-state index in [9.17, 15) is 9.90 Å². The number of aryl methyl sites for hydroxylation is 1. The zero-order chi connectivity index (χ0) is 28.1. The number of ether oxygens (including phenoxy) is 1. The number of likely N-dealkylation sites (tertiary alicyclic amines) is 1. The molecular weight excluding hydrogens is 502 g/mol. The lowest BCUT2D eigenvalue weighted by molar-refractivity contribution is -0.142. The molecule has 0 aliphatic carbocycles. The highest BCUT2D eigenvalue weighted by Gasteiger charge is 2.32. The second-order valence-electron chi connectivity index (χ2n) is 11.2. The molecule has 4 aromatic rings. The molecule has 0 spiro atoms. The van der Waals surface area contributed by atoms with Crippen LogP contribution in [-0.2, 0) is 14.9 Å². The van der Waals surface area contributed by atoms with Crippen molar-refractivity contribution in [1.82, 2.24) is 19.5 Å². The van der Waals surface area contributed by atoms with E-state index in [2.05, 4.69) is 68.8 Å². The minimum absolute atomic E-state index is 0.0435. The number of imidazole rings is 1. The van der Waals surface area contributed by atoms with Gasteiger partial charge >= 0.3 is 5.97 Å². The van der Waals surface area contributed by atoms with Crippen molar-refractivity contribution in [3.63, 3.8) is 0 Å². The highest BCUT2D eigenvalue weighted by molar-refractivity contribution is 5.79. The first-order chi connectivity index (χ1) is 19.3. The molecule has 1 aliphatic heterocycles. The summed E-state index contributed by atoms with van der Waals surface area (Å²) in [5.74, 6) is -0.113. The number of aliphatic carboxylic acids is 1. The lowest BCUT2D eigenvalue weighted by Crippen LogP contribution is -2.38. The van der Waals surface area contributed by atoms with Crippen LogP contribution in [0.3, 0.4) is 0 Å². The Morgan fingerprint density at radius 2 is 1.70 bits per heavy atom. The maximum absolute atomic E-state index is 11.6. The summed E-state index contributed by atoms with van der Waals surface area (Å²) < 4.78 is 8.36. The maximum atomic E-state index is 11.6. The van der Waals surface area contributed by atoms with E-state index in [1.165, 1.54) is 11.1 Å². The molecule has 0 unspecified atom stereocenters. The van der Waals surface area contributed by atoms with Crippen LogP contribution in [0.2, 0.25) is 0 Å². The summed E-state index contributed by atoms with van der Waals surface area (Å²) in [7, 11) is 0. The van der Waals surface area contributed by atoms with Gasteiger partial charge in [-0.1, -0.05) is 60.7 Å². The lowest BCUT2D eigenvalue weighted by atomic mass is 9.90. The van der Waals surface area contributed by atoms with Gasteiger partial charge in [0.2, 0.25) is 0 Å². The number of carboxylic acids is 1. The van der Waals surface area contributed by atoms with E-state index in [1.54, 1.807) is 24.6 Å². The van der Waals surface area contributed by atoms with Crippen molar-refractivity contribution in [1.29, 1.82) is 0 Å². The molecule has 1 fully saturated rings. The smallest absolute Gasteiger partial charge is 0.315 e. The number of hydrogen-bond acceptors (Lipinski definition) is 6. The number of anilines is 1. The number of nitrogens with one attached hydrogen (secondary N) is 1. The summed E-state index contributed by atoms with van der Waals surface area (Å²) in [4.78, 5) is 18.6. The Hall–Kier alpha value is -3.75. The normalized spacial score (nSPS) is 15.1. The molecule has 2 aromatic carbocycles. The van der Waals surface area contributed by atoms with Gasteiger partial charge in [0.1, 0.15) is 17.3 Å². The molecule has 5 rings (SSSR count). The van der Waals surface area contributed by atoms with Gasteiger partial charge in [0.25, 0.3) is 0 Å². The van der Waals surface area contributed by atoms with Crippen molar-refractivity contribution in [2.45, 2.75) is 57.7 Å². The van der Waals surface area contributed by atoms with Crippen LogP contribution in [0, 0.1) is 6.92 Å². The van der Waals surface area contributed by atoms with Gasteiger partial charge in [0, 0.05) is 19.6 Å². The summed E-state index contributed by atoms with van der Waals surface area (Å²) in [6.07, 6.45) is 4.96. The van der Waals surface area contributed by atoms with Crippen molar-refractivity contribution in [2.24, 2.45) is 0 Å². The van der Waals surface area contributed by atoms with Crippen LogP contribution >= 0.6 is 0 Å². The van der Waals surface area contributed by atoms with Crippen LogP contribution in [-0.4, -0.2) is 62.9 Å². The standard InChI is InChI=1S/C32H39N5O3/c1-23-21-28-34-27(32(2,3)31(38)39)22-37(28)35-30(23)33-17-10-18-36-19-15-26(16-20-36)40-29(24-11-6-4-7-12-24)25-13-8-5-9-14-25/h4-9,11-14,21-22,26,29H,10,15-20H2,1-3H3,(H,33,35)(H,38,39). The van der Waals surface area contributed by atoms with Crippen LogP contribution in [0.1, 0.15) is 61.6 Å². The summed E-state index contributed by atoms with van der Waals surface area (Å²) >= 11 is 0. The van der Waals surface area contributed by atoms with Gasteiger partial charge in [-0.15, -0.1) is 5.10 Å². The fraction of sp³-hybridized carbons (Fsp3) is 0.406. The second-order valence-corrected chi connectivity index (χ2v) is 11.2. The number of rotatable bonds is 11. The van der Waals surface area contributed by atoms with Gasteiger partial charge in [0.05, 0.1) is 18.0 Å². The Balaban J connectivity index is 1.10. The average molecular weight is 542 g/mol. The number of piperidine rings is 1. The lowest BCUT2D eigenvalue weighted by Gasteiger charge is -2.34. The minimum atomic E-state index is -1.07. The molecule has 2 N–H and O–H groups in total. The van der Waals surface area contributed by atoms with Crippen LogP contribution in [0.25, 0.3) is 5.65 Å². The summed E-state index contributed by atoms with van der Waals surface area (Å²) in [6.45, 7) is 9.19. The zero-order valence-corrected chi connectivity index (χ0v) is 23.6. The van der Waals surface area contributed by atoms with E-state index in [1.807, 2.05) is 25.1 Å². The number of hydrogen-bond donors (Lipinski definition) is 2. The largest absolute Gasteiger partial charge is 0.481 e. The first-order valence-corrected chi connectivity index (χ1v) is 14.1. The summed E-state index contributed by atoms with van der Waals surface area (Å²) in [6, 6.07) is 22.9. The molecule has 210 valence electrons. The molecule has 8 nitrogen and oxygen atoms in total. The van der Waals surface area contributed by atoms with E-state index in [0.717, 1.165) is 56.8 Å². The zero-order valence-electron chi connectivity index (χ0n) is 23.6. The maximum Gasteiger partial charge on any atom is 0.315 e. The number of carbonyl (C=O) groups is 1. The third-order valence-corrected chi connectivity index (χ3v) is 7.83. The van der Waals surface area contributed by atoms with Gasteiger partial charge in [0.15, 0.2) is 5.65 Å². The van der Waals surface area contributed by atoms with Crippen LogP contribution in [0.15, 0.2) is 72.9 Å². The second kappa shape index (κ2) is 12.2. The number of benzene rings is 2. The van der Waals surface area contributed by atoms with Gasteiger partial charge < -0.3 is 20.1 Å². The van der Waals surface area contributed by atoms with Gasteiger partial charge in [-0.25, -0.2) is 9.50 Å². The monoisotopic (exact) mass is 541 g/mol. The van der Waals surface area contributed by atoms with Crippen molar-refractivity contribution in [3.05, 3.63) is 95.3 Å². The van der Waals surface area contributed by atoms with Gasteiger partial charge in [-0.2, -0.15) is 0 Å². The molecule has 8 heteroatoms. The first-order valence-electron chi connectivity index (χ1n) is 14.1. The van der Waals surface area contributed by atoms with Crippen LogP contribution in [0.4, 0.5) is 5.82 Å². The molecule has 1 saturated heterocycles. The highest BCUT2D eigenvalue weighted by Crippen LogP contribution is 2.30. The fourth-order valence-corrected chi connectivity index (χ4v) is 5.17. The van der Waals surface area contributed by atoms with Gasteiger partial charge in [-0.3, -0.25) is 4.79 Å². The highest BCUT2D eigenvalue weighted by atomic mass is 16.5. The predicted molar refractivity (Wildman–Crippen MR) is 157 cm³/mol. The van der Waals surface area contributed by atoms with Crippen LogP contribution < -0.4 is 5.32 Å². The third-order valence-electron chi connectivity index (χ3n) is 7.83. The van der Waals surface area contributed by atoms with Crippen molar-refractivity contribution in [3.8, 4) is 0 Å². The Bertz CT molecular complexity index is 1370. The first kappa shape index (κ1) is 27.8. The molecular formula is C32H39N5O3. The van der Waals surface area contributed by atoms with E-state index in [0.29, 0.717) is 11.3 Å². The summed E-state index contributed by atoms with van der Waals surface area (Å²) in [5, 5.41) is 17.7. The van der Waals surface area contributed by atoms with Crippen molar-refractivity contribution in [2.75, 3.05) is 31.5 Å². The quantitative estimate of drug-likeness (QED) is 0.243. The number of carboxylic acid groups (broad SMARTS) is 1. The van der Waals surface area contributed by atoms with Gasteiger partial charge in [-0.05, 0) is 69.3 Å². The topological polar surface area (TPSA) is 92.0 Å². The molecule has 1 aliphatic rings. The van der Waals surface area contributed by atoms with E-state index >= 15 is 0 Å². The van der Waals surface area contributed by atoms with E-state index < -0.39 is 11.4 Å². The molecule has 0 amide bonds. The third kappa shape index (κ3) is 6.35. The molecule has 40 heavy (non-hydrogen) atoms. The summed E-state index contributed by atoms with van der Waals surface area (Å²) in [5.41, 5.74) is 3.46. The molecule has 3 heterocycles. The Labute approximate surface area is 236 Å². The minimum Gasteiger partial charge on any atom is -0.481 e. The van der Waals surface area contributed by atoms with Crippen molar-refractivity contribution >= 4 is 17.4 Å². The predicted octanol–water partition coefficient (Wildman–Crippen LogP) is 5.47. The van der Waals surface area contributed by atoms with Crippen LogP contribution in [0.5, 0.6) is 0 Å². The molecule has 0 bridgehead atoms. The Morgan fingerprint density at radius 3 is 2.30 bits per heavy atom. The number of nitrogens with zero attached hydrogens (tertiary/aromatic N) is 4. The molecule has 2 aromatic heterocycles. The molecule has 0 radical (unpaired) electrons. The Kier molecular flexibility index (Phi) is 8.47. The number of fused-ring (bicyclic) bond motifs is 1. The SMILES string of the molecule is Cc1cc2nc(C(C)(C)C(=O)O)cn2nc1NCCCN1CCC(OC(c2ccccc2)c2ccccc2)CC1. The number of aromatic nitrogens is 3. The van der Waals surface area contributed by atoms with E-state index in [4.69, 9.17) is 4.74 Å². The fourth-order valence-electron chi connectivity index (χ4n) is 5.17. The average Bonchev–Trinajstić information content (AvgIpc) is 3.39. The van der Waals surface area contributed by atoms with E-state index in [-0.39, 0.29) is 12.2 Å². The molecule has 0 saturated carbocycles. The molecule has 0 atom stereocenters. The van der Waals surface area contributed by atoms with Crippen molar-refractivity contribution < 1.29 is 14.6 Å². The Morgan fingerprint density at radius 1 is 1.07 bits per heavy atom.